The molecule has 1 heterocycles. The first-order valence-electron chi connectivity index (χ1n) is 19.7. The maximum Gasteiger partial charge on any atom is 0.339 e. The molecule has 54 heavy (non-hydrogen) atoms. The number of ether oxygens (including phenoxy) is 6. The third-order valence-corrected chi connectivity index (χ3v) is 9.37. The summed E-state index contributed by atoms with van der Waals surface area (Å²) in [4.78, 5) is 40.7. The molecule has 0 aliphatic carbocycles. The number of carbonyl (C=O) groups excluding carboxylic acids is 3. The van der Waals surface area contributed by atoms with E-state index in [1.807, 2.05) is 6.08 Å². The first-order valence-corrected chi connectivity index (χ1v) is 19.7. The summed E-state index contributed by atoms with van der Waals surface area (Å²) in [6.45, 7) is 10.5. The van der Waals surface area contributed by atoms with Crippen LogP contribution in [0.4, 0.5) is 0 Å². The molecule has 1 aliphatic rings. The summed E-state index contributed by atoms with van der Waals surface area (Å²) in [5.74, 6) is 2.03. The topological polar surface area (TPSA) is 139 Å². The Morgan fingerprint density at radius 3 is 2.17 bits per heavy atom. The van der Waals surface area contributed by atoms with Crippen molar-refractivity contribution in [3.8, 4) is 17.6 Å². The van der Waals surface area contributed by atoms with Gasteiger partial charge in [-0.15, -0.1) is 5.92 Å². The van der Waals surface area contributed by atoms with Gasteiger partial charge < -0.3 is 38.8 Å². The Morgan fingerprint density at radius 2 is 1.59 bits per heavy atom. The van der Waals surface area contributed by atoms with Gasteiger partial charge in [0.2, 0.25) is 5.91 Å². The Morgan fingerprint density at radius 1 is 0.963 bits per heavy atom. The number of hydrogen-bond donors (Lipinski definition) is 2. The number of amides is 1. The van der Waals surface area contributed by atoms with Crippen molar-refractivity contribution in [1.82, 2.24) is 5.32 Å². The SMILES string of the molecule is CC#CCOc1ccc(C[C@H](NC(=O)[C@@H](C=CCCCCCCC2(CCCCCCC)OCCO2)[C@@](O)(CCOC)C(=O)OC(C)(C)C)C(=O)OC)cc1. The van der Waals surface area contributed by atoms with Crippen LogP contribution < -0.4 is 10.1 Å². The number of methoxy groups -OCH3 is 2. The van der Waals surface area contributed by atoms with E-state index in [4.69, 9.17) is 28.4 Å². The van der Waals surface area contributed by atoms with Crippen molar-refractivity contribution in [3.63, 3.8) is 0 Å². The summed E-state index contributed by atoms with van der Waals surface area (Å²) in [5, 5.41) is 14.7. The van der Waals surface area contributed by atoms with Crippen LogP contribution in [0.25, 0.3) is 0 Å². The molecule has 1 aliphatic heterocycles. The maximum absolute atomic E-state index is 14.1. The van der Waals surface area contributed by atoms with Gasteiger partial charge in [0.1, 0.15) is 24.0 Å². The van der Waals surface area contributed by atoms with Crippen LogP contribution in [-0.2, 0) is 44.5 Å². The molecule has 11 heteroatoms. The molecule has 11 nitrogen and oxygen atoms in total. The third-order valence-electron chi connectivity index (χ3n) is 9.37. The second-order valence-electron chi connectivity index (χ2n) is 14.9. The normalized spacial score (nSPS) is 16.1. The number of benzene rings is 1. The lowest BCUT2D eigenvalue weighted by atomic mass is 9.82. The van der Waals surface area contributed by atoms with E-state index < -0.39 is 46.8 Å². The van der Waals surface area contributed by atoms with Gasteiger partial charge in [-0.3, -0.25) is 4.79 Å². The summed E-state index contributed by atoms with van der Waals surface area (Å²) in [5.41, 5.74) is -2.48. The molecular weight excluding hydrogens is 690 g/mol. The standard InChI is InChI=1S/C43H67NO10/c1-8-10-12-16-19-26-42(52-31-32-53-42)27-20-17-14-13-15-18-21-36(43(48,28-30-49-6)40(47)54-41(3,4)5)38(45)44-37(39(46)50-7)33-34-22-24-35(25-23-34)51-29-11-9-2/h18,21-25,36-37,48H,8,10,12-17,19-20,26-33H2,1-7H3,(H,44,45)/t36-,37+,43+/m1/s1. The molecule has 0 unspecified atom stereocenters. The van der Waals surface area contributed by atoms with E-state index in [1.54, 1.807) is 58.0 Å². The number of esters is 2. The highest BCUT2D eigenvalue weighted by molar-refractivity contribution is 5.93. The first-order chi connectivity index (χ1) is 25.8. The number of rotatable bonds is 26. The fourth-order valence-electron chi connectivity index (χ4n) is 6.37. The number of aliphatic hydroxyl groups is 1. The third kappa shape index (κ3) is 16.9. The van der Waals surface area contributed by atoms with E-state index >= 15 is 0 Å². The highest BCUT2D eigenvalue weighted by Crippen LogP contribution is 2.32. The summed E-state index contributed by atoms with van der Waals surface area (Å²) < 4.78 is 33.6. The van der Waals surface area contributed by atoms with Crippen molar-refractivity contribution < 1.29 is 47.9 Å². The molecule has 0 radical (unpaired) electrons. The molecule has 1 fully saturated rings. The molecule has 1 aromatic carbocycles. The second kappa shape index (κ2) is 24.9. The van der Waals surface area contributed by atoms with Gasteiger partial charge in [-0.25, -0.2) is 9.59 Å². The van der Waals surface area contributed by atoms with Gasteiger partial charge in [0.25, 0.3) is 0 Å². The van der Waals surface area contributed by atoms with E-state index in [0.717, 1.165) is 50.5 Å². The van der Waals surface area contributed by atoms with E-state index in [0.29, 0.717) is 25.4 Å². The first kappa shape index (κ1) is 46.7. The number of hydrogen-bond acceptors (Lipinski definition) is 10. The Kier molecular flexibility index (Phi) is 21.5. The molecule has 3 atom stereocenters. The Balaban J connectivity index is 2.16. The van der Waals surface area contributed by atoms with Gasteiger partial charge in [0.15, 0.2) is 11.4 Å². The predicted molar refractivity (Wildman–Crippen MR) is 209 cm³/mol. The second-order valence-corrected chi connectivity index (χ2v) is 14.9. The van der Waals surface area contributed by atoms with Crippen molar-refractivity contribution in [1.29, 1.82) is 0 Å². The van der Waals surface area contributed by atoms with Gasteiger partial charge in [-0.1, -0.05) is 75.7 Å². The average molecular weight is 758 g/mol. The molecule has 2 N–H and O–H groups in total. The molecule has 2 rings (SSSR count). The van der Waals surface area contributed by atoms with Crippen LogP contribution in [0.15, 0.2) is 36.4 Å². The minimum Gasteiger partial charge on any atom is -0.481 e. The van der Waals surface area contributed by atoms with Crippen molar-refractivity contribution in [2.75, 3.05) is 40.6 Å². The molecule has 1 amide bonds. The van der Waals surface area contributed by atoms with Crippen molar-refractivity contribution in [3.05, 3.63) is 42.0 Å². The monoisotopic (exact) mass is 757 g/mol. The lowest BCUT2D eigenvalue weighted by Gasteiger charge is -2.35. The molecule has 0 bridgehead atoms. The highest BCUT2D eigenvalue weighted by atomic mass is 16.7. The van der Waals surface area contributed by atoms with Crippen LogP contribution >= 0.6 is 0 Å². The lowest BCUT2D eigenvalue weighted by molar-refractivity contribution is -0.185. The summed E-state index contributed by atoms with van der Waals surface area (Å²) >= 11 is 0. The fraction of sp³-hybridized carbons (Fsp3) is 0.698. The molecule has 1 saturated heterocycles. The van der Waals surface area contributed by atoms with Crippen molar-refractivity contribution in [2.45, 2.75) is 148 Å². The van der Waals surface area contributed by atoms with Gasteiger partial charge in [-0.05, 0) is 71.1 Å². The fourth-order valence-corrected chi connectivity index (χ4v) is 6.37. The number of nitrogens with one attached hydrogen (secondary N) is 1. The quantitative estimate of drug-likeness (QED) is 0.0439. The number of carbonyl (C=O) groups is 3. The van der Waals surface area contributed by atoms with E-state index in [-0.39, 0.29) is 26.1 Å². The Hall–Kier alpha value is -3.43. The summed E-state index contributed by atoms with van der Waals surface area (Å²) in [6, 6.07) is 5.97. The minimum atomic E-state index is -2.28. The van der Waals surface area contributed by atoms with E-state index in [2.05, 4.69) is 24.1 Å². The zero-order valence-electron chi connectivity index (χ0n) is 34.0. The minimum absolute atomic E-state index is 0.0142. The van der Waals surface area contributed by atoms with Gasteiger partial charge in [0.05, 0.1) is 26.2 Å². The van der Waals surface area contributed by atoms with Crippen LogP contribution in [0.2, 0.25) is 0 Å². The van der Waals surface area contributed by atoms with Crippen molar-refractivity contribution in [2.24, 2.45) is 5.92 Å². The van der Waals surface area contributed by atoms with Crippen LogP contribution in [0.5, 0.6) is 5.75 Å². The molecule has 0 spiro atoms. The summed E-state index contributed by atoms with van der Waals surface area (Å²) in [6.07, 6.45) is 15.5. The van der Waals surface area contributed by atoms with Gasteiger partial charge in [0, 0.05) is 39.4 Å². The maximum atomic E-state index is 14.1. The largest absolute Gasteiger partial charge is 0.481 e. The zero-order chi connectivity index (χ0) is 39.9. The molecule has 304 valence electrons. The molecular formula is C43H67NO10. The van der Waals surface area contributed by atoms with Gasteiger partial charge >= 0.3 is 11.9 Å². The van der Waals surface area contributed by atoms with Crippen LogP contribution in [0.1, 0.15) is 124 Å². The van der Waals surface area contributed by atoms with E-state index in [9.17, 15) is 19.5 Å². The Labute approximate surface area is 324 Å². The lowest BCUT2D eigenvalue weighted by Crippen LogP contribution is -2.56. The van der Waals surface area contributed by atoms with Crippen molar-refractivity contribution >= 4 is 17.8 Å². The van der Waals surface area contributed by atoms with Crippen LogP contribution in [0, 0.1) is 17.8 Å². The van der Waals surface area contributed by atoms with Gasteiger partial charge in [-0.2, -0.15) is 0 Å². The number of unbranched alkanes of at least 4 members (excludes halogenated alkanes) is 8. The Bertz CT molecular complexity index is 1340. The predicted octanol–water partition coefficient (Wildman–Crippen LogP) is 7.01. The average Bonchev–Trinajstić information content (AvgIpc) is 3.61. The highest BCUT2D eigenvalue weighted by Gasteiger charge is 2.49. The molecule has 1 aromatic rings. The van der Waals surface area contributed by atoms with Crippen LogP contribution in [0.3, 0.4) is 0 Å². The summed E-state index contributed by atoms with van der Waals surface area (Å²) in [7, 11) is 2.68. The number of allylic oxidation sites excluding steroid dienone is 1. The zero-order valence-corrected chi connectivity index (χ0v) is 34.0. The van der Waals surface area contributed by atoms with Crippen LogP contribution in [-0.4, -0.2) is 86.6 Å². The molecule has 0 saturated carbocycles. The smallest absolute Gasteiger partial charge is 0.339 e. The molecule has 0 aromatic heterocycles. The van der Waals surface area contributed by atoms with E-state index in [1.165, 1.54) is 39.9 Å².